The lowest BCUT2D eigenvalue weighted by molar-refractivity contribution is -0.145. The molecule has 0 aromatic carbocycles. The summed E-state index contributed by atoms with van der Waals surface area (Å²) in [6.45, 7) is 2.41. The van der Waals surface area contributed by atoms with Crippen LogP contribution in [0.5, 0.6) is 0 Å². The zero-order valence-corrected chi connectivity index (χ0v) is 8.17. The molecule has 0 aliphatic carbocycles. The van der Waals surface area contributed by atoms with Crippen molar-refractivity contribution < 1.29 is 19.1 Å². The van der Waals surface area contributed by atoms with Crippen LogP contribution in [-0.2, 0) is 19.1 Å². The van der Waals surface area contributed by atoms with E-state index in [1.807, 2.05) is 0 Å². The largest absolute Gasteiger partial charge is 0.466 e. The molecule has 0 heterocycles. The third-order valence-electron chi connectivity index (χ3n) is 1.44. The van der Waals surface area contributed by atoms with Crippen molar-refractivity contribution in [3.05, 3.63) is 0 Å². The molecule has 0 aromatic rings. The van der Waals surface area contributed by atoms with Crippen LogP contribution in [-0.4, -0.2) is 32.1 Å². The molecule has 0 aliphatic rings. The summed E-state index contributed by atoms with van der Waals surface area (Å²) in [5, 5.41) is 0. The van der Waals surface area contributed by atoms with Gasteiger partial charge in [0.15, 0.2) is 0 Å². The van der Waals surface area contributed by atoms with Gasteiger partial charge in [-0.25, -0.2) is 0 Å². The maximum atomic E-state index is 10.9. The van der Waals surface area contributed by atoms with E-state index in [0.717, 1.165) is 0 Å². The van der Waals surface area contributed by atoms with Gasteiger partial charge in [0.25, 0.3) is 0 Å². The minimum atomic E-state index is -0.314. The van der Waals surface area contributed by atoms with Gasteiger partial charge < -0.3 is 14.3 Å². The highest BCUT2D eigenvalue weighted by atomic mass is 16.5. The van der Waals surface area contributed by atoms with Crippen molar-refractivity contribution in [2.45, 2.75) is 26.2 Å². The Bertz CT molecular complexity index is 165. The SMILES string of the molecule is COCCCOC(=O)CCC(C)=O. The average molecular weight is 188 g/mol. The predicted molar refractivity (Wildman–Crippen MR) is 47.4 cm³/mol. The van der Waals surface area contributed by atoms with Crippen LogP contribution >= 0.6 is 0 Å². The van der Waals surface area contributed by atoms with E-state index in [1.54, 1.807) is 7.11 Å². The molecule has 0 aliphatic heterocycles. The maximum absolute atomic E-state index is 10.9. The fourth-order valence-corrected chi connectivity index (χ4v) is 0.740. The molecule has 0 N–H and O–H groups in total. The quantitative estimate of drug-likeness (QED) is 0.440. The monoisotopic (exact) mass is 188 g/mol. The lowest BCUT2D eigenvalue weighted by Crippen LogP contribution is -2.08. The maximum Gasteiger partial charge on any atom is 0.306 e. The fraction of sp³-hybridized carbons (Fsp3) is 0.778. The molecule has 4 nitrogen and oxygen atoms in total. The van der Waals surface area contributed by atoms with Crippen LogP contribution in [0.25, 0.3) is 0 Å². The van der Waals surface area contributed by atoms with Gasteiger partial charge in [-0.1, -0.05) is 0 Å². The van der Waals surface area contributed by atoms with Gasteiger partial charge >= 0.3 is 5.97 Å². The second-order valence-corrected chi connectivity index (χ2v) is 2.77. The molecule has 0 aromatic heterocycles. The predicted octanol–water partition coefficient (Wildman–Crippen LogP) is 0.935. The van der Waals surface area contributed by atoms with Crippen LogP contribution < -0.4 is 0 Å². The summed E-state index contributed by atoms with van der Waals surface area (Å²) in [5.74, 6) is -0.305. The van der Waals surface area contributed by atoms with Crippen molar-refractivity contribution in [2.24, 2.45) is 0 Å². The number of carbonyl (C=O) groups is 2. The summed E-state index contributed by atoms with van der Waals surface area (Å²) in [5.41, 5.74) is 0. The molecule has 0 unspecified atom stereocenters. The Morgan fingerprint density at radius 3 is 2.38 bits per heavy atom. The molecule has 13 heavy (non-hydrogen) atoms. The Morgan fingerprint density at radius 1 is 1.15 bits per heavy atom. The van der Waals surface area contributed by atoms with Crippen LogP contribution in [0.4, 0.5) is 0 Å². The lowest BCUT2D eigenvalue weighted by atomic mass is 10.2. The Hall–Kier alpha value is -0.900. The molecule has 0 spiro atoms. The molecule has 0 radical (unpaired) electrons. The normalized spacial score (nSPS) is 9.69. The number of hydrogen-bond donors (Lipinski definition) is 0. The van der Waals surface area contributed by atoms with E-state index in [4.69, 9.17) is 9.47 Å². The van der Waals surface area contributed by atoms with E-state index >= 15 is 0 Å². The Kier molecular flexibility index (Phi) is 7.20. The molecule has 0 fully saturated rings. The standard InChI is InChI=1S/C9H16O4/c1-8(10)4-5-9(11)13-7-3-6-12-2/h3-7H2,1-2H3. The first-order chi connectivity index (χ1) is 6.16. The molecule has 4 heteroatoms. The number of methoxy groups -OCH3 is 1. The van der Waals surface area contributed by atoms with Crippen molar-refractivity contribution in [1.82, 2.24) is 0 Å². The summed E-state index contributed by atoms with van der Waals surface area (Å²) in [6, 6.07) is 0. The highest BCUT2D eigenvalue weighted by Crippen LogP contribution is 1.94. The van der Waals surface area contributed by atoms with Crippen LogP contribution in [0.1, 0.15) is 26.2 Å². The Morgan fingerprint density at radius 2 is 1.85 bits per heavy atom. The van der Waals surface area contributed by atoms with Crippen molar-refractivity contribution in [3.63, 3.8) is 0 Å². The molecule has 0 rings (SSSR count). The second-order valence-electron chi connectivity index (χ2n) is 2.77. The fourth-order valence-electron chi connectivity index (χ4n) is 0.740. The molecule has 0 amide bonds. The van der Waals surface area contributed by atoms with Crippen LogP contribution in [0.3, 0.4) is 0 Å². The Balaban J connectivity index is 3.25. The van der Waals surface area contributed by atoms with Gasteiger partial charge in [-0.2, -0.15) is 0 Å². The first kappa shape index (κ1) is 12.1. The highest BCUT2D eigenvalue weighted by molar-refractivity contribution is 5.80. The van der Waals surface area contributed by atoms with Crippen LogP contribution in [0, 0.1) is 0 Å². The van der Waals surface area contributed by atoms with Crippen molar-refractivity contribution in [1.29, 1.82) is 0 Å². The number of hydrogen-bond acceptors (Lipinski definition) is 4. The van der Waals surface area contributed by atoms with E-state index in [9.17, 15) is 9.59 Å². The van der Waals surface area contributed by atoms with Crippen molar-refractivity contribution >= 4 is 11.8 Å². The van der Waals surface area contributed by atoms with Gasteiger partial charge in [0.2, 0.25) is 0 Å². The lowest BCUT2D eigenvalue weighted by Gasteiger charge is -2.02. The summed E-state index contributed by atoms with van der Waals surface area (Å²) in [4.78, 5) is 21.4. The summed E-state index contributed by atoms with van der Waals surface area (Å²) in [6.07, 6.45) is 1.15. The molecular weight excluding hydrogens is 172 g/mol. The minimum absolute atomic E-state index is 0.00819. The van der Waals surface area contributed by atoms with E-state index < -0.39 is 0 Å². The summed E-state index contributed by atoms with van der Waals surface area (Å²) >= 11 is 0. The summed E-state index contributed by atoms with van der Waals surface area (Å²) in [7, 11) is 1.59. The van der Waals surface area contributed by atoms with Gasteiger partial charge in [-0.15, -0.1) is 0 Å². The second kappa shape index (κ2) is 7.73. The summed E-state index contributed by atoms with van der Waals surface area (Å²) < 4.78 is 9.60. The van der Waals surface area contributed by atoms with Gasteiger partial charge in [-0.3, -0.25) is 4.79 Å². The molecular formula is C9H16O4. The number of Topliss-reactive ketones (excluding diaryl/α,β-unsaturated/α-hetero) is 1. The van der Waals surface area contributed by atoms with E-state index in [1.165, 1.54) is 6.92 Å². The number of rotatable bonds is 7. The van der Waals surface area contributed by atoms with Gasteiger partial charge in [0.1, 0.15) is 5.78 Å². The van der Waals surface area contributed by atoms with Gasteiger partial charge in [0.05, 0.1) is 13.0 Å². The third-order valence-corrected chi connectivity index (χ3v) is 1.44. The number of carbonyl (C=O) groups excluding carboxylic acids is 2. The van der Waals surface area contributed by atoms with Gasteiger partial charge in [0, 0.05) is 26.6 Å². The van der Waals surface area contributed by atoms with Crippen LogP contribution in [0.15, 0.2) is 0 Å². The van der Waals surface area contributed by atoms with E-state index in [-0.39, 0.29) is 24.6 Å². The first-order valence-electron chi connectivity index (χ1n) is 4.31. The molecule has 0 atom stereocenters. The Labute approximate surface area is 78.2 Å². The van der Waals surface area contributed by atoms with Crippen molar-refractivity contribution in [2.75, 3.05) is 20.3 Å². The topological polar surface area (TPSA) is 52.6 Å². The first-order valence-corrected chi connectivity index (χ1v) is 4.31. The van der Waals surface area contributed by atoms with E-state index in [2.05, 4.69) is 0 Å². The average Bonchev–Trinajstić information content (AvgIpc) is 2.09. The molecule has 0 bridgehead atoms. The number of esters is 1. The highest BCUT2D eigenvalue weighted by Gasteiger charge is 2.03. The zero-order chi connectivity index (χ0) is 10.1. The zero-order valence-electron chi connectivity index (χ0n) is 8.17. The van der Waals surface area contributed by atoms with Crippen molar-refractivity contribution in [3.8, 4) is 0 Å². The number of ketones is 1. The third kappa shape index (κ3) is 9.01. The van der Waals surface area contributed by atoms with E-state index in [0.29, 0.717) is 19.6 Å². The molecule has 0 saturated carbocycles. The van der Waals surface area contributed by atoms with Crippen LogP contribution in [0.2, 0.25) is 0 Å². The minimum Gasteiger partial charge on any atom is -0.466 e. The van der Waals surface area contributed by atoms with Gasteiger partial charge in [-0.05, 0) is 6.92 Å². The number of ether oxygens (including phenoxy) is 2. The molecule has 76 valence electrons. The smallest absolute Gasteiger partial charge is 0.306 e. The molecule has 0 saturated heterocycles.